The molecule has 1 aromatic carbocycles. The molecule has 0 saturated carbocycles. The van der Waals surface area contributed by atoms with E-state index in [1.165, 1.54) is 12.1 Å². The monoisotopic (exact) mass is 279 g/mol. The minimum atomic E-state index is -4.42. The molecule has 0 aliphatic rings. The summed E-state index contributed by atoms with van der Waals surface area (Å²) in [7, 11) is -1.50. The van der Waals surface area contributed by atoms with E-state index in [4.69, 9.17) is 5.73 Å². The molecule has 0 amide bonds. The van der Waals surface area contributed by atoms with Crippen molar-refractivity contribution < 1.29 is 17.4 Å². The van der Waals surface area contributed by atoms with Gasteiger partial charge in [-0.25, -0.2) is 0 Å². The molecule has 1 rings (SSSR count). The van der Waals surface area contributed by atoms with Crippen LogP contribution in [0.2, 0.25) is 0 Å². The van der Waals surface area contributed by atoms with Gasteiger partial charge in [-0.15, -0.1) is 0 Å². The number of hydrogen-bond donors (Lipinski definition) is 1. The van der Waals surface area contributed by atoms with E-state index < -0.39 is 22.5 Å². The zero-order chi connectivity index (χ0) is 13.9. The van der Waals surface area contributed by atoms with E-state index in [2.05, 4.69) is 0 Å². The second-order valence-corrected chi connectivity index (χ2v) is 5.94. The number of alkyl halides is 3. The fourth-order valence-corrected chi connectivity index (χ4v) is 2.69. The van der Waals surface area contributed by atoms with Gasteiger partial charge in [-0.05, 0) is 24.1 Å². The quantitative estimate of drug-likeness (QED) is 0.921. The van der Waals surface area contributed by atoms with Crippen molar-refractivity contribution in [3.8, 4) is 0 Å². The number of benzene rings is 1. The summed E-state index contributed by atoms with van der Waals surface area (Å²) in [5.74, 6) is 0.304. The van der Waals surface area contributed by atoms with Crippen molar-refractivity contribution in [2.75, 3.05) is 5.75 Å². The van der Waals surface area contributed by atoms with Crippen molar-refractivity contribution in [1.29, 1.82) is 0 Å². The van der Waals surface area contributed by atoms with Crippen LogP contribution in [0.3, 0.4) is 0 Å². The molecular weight excluding hydrogens is 263 g/mol. The number of rotatable bonds is 4. The molecule has 0 spiro atoms. The van der Waals surface area contributed by atoms with Gasteiger partial charge in [0.15, 0.2) is 0 Å². The highest BCUT2D eigenvalue weighted by Crippen LogP contribution is 2.30. The molecule has 0 radical (unpaired) electrons. The molecule has 1 aromatic rings. The Kier molecular flexibility index (Phi) is 4.92. The predicted octanol–water partition coefficient (Wildman–Crippen LogP) is 2.80. The molecule has 18 heavy (non-hydrogen) atoms. The van der Waals surface area contributed by atoms with Crippen molar-refractivity contribution in [2.45, 2.75) is 31.0 Å². The van der Waals surface area contributed by atoms with E-state index in [9.17, 15) is 17.4 Å². The van der Waals surface area contributed by atoms with Gasteiger partial charge in [-0.3, -0.25) is 4.21 Å². The summed E-state index contributed by atoms with van der Waals surface area (Å²) in [6.07, 6.45) is -4.42. The maximum atomic E-state index is 12.5. The zero-order valence-electron chi connectivity index (χ0n) is 10.2. The Balaban J connectivity index is 2.87. The lowest BCUT2D eigenvalue weighted by molar-refractivity contribution is -0.137. The van der Waals surface area contributed by atoms with Crippen molar-refractivity contribution in [3.63, 3.8) is 0 Å². The third-order valence-corrected chi connectivity index (χ3v) is 4.09. The SMILES string of the molecule is CC(C)C(N)CS(=O)c1cccc(C(F)(F)F)c1. The number of halogens is 3. The first-order chi connectivity index (χ1) is 8.21. The van der Waals surface area contributed by atoms with E-state index in [-0.39, 0.29) is 22.6 Å². The summed E-state index contributed by atoms with van der Waals surface area (Å²) in [4.78, 5) is 0.168. The molecule has 0 heterocycles. The zero-order valence-corrected chi connectivity index (χ0v) is 11.0. The molecule has 0 aliphatic heterocycles. The smallest absolute Gasteiger partial charge is 0.327 e. The molecule has 2 N–H and O–H groups in total. The molecule has 102 valence electrons. The molecule has 2 nitrogen and oxygen atoms in total. The van der Waals surface area contributed by atoms with Gasteiger partial charge in [0.2, 0.25) is 0 Å². The average molecular weight is 279 g/mol. The van der Waals surface area contributed by atoms with Gasteiger partial charge >= 0.3 is 6.18 Å². The first-order valence-electron chi connectivity index (χ1n) is 5.53. The summed E-state index contributed by atoms with van der Waals surface area (Å²) in [6.45, 7) is 3.77. The molecule has 0 fully saturated rings. The molecule has 0 aromatic heterocycles. The van der Waals surface area contributed by atoms with Gasteiger partial charge < -0.3 is 5.73 Å². The Morgan fingerprint density at radius 2 is 1.94 bits per heavy atom. The second kappa shape index (κ2) is 5.84. The molecular formula is C12H16F3NOS. The second-order valence-electron chi connectivity index (χ2n) is 4.45. The van der Waals surface area contributed by atoms with Crippen LogP contribution in [-0.2, 0) is 17.0 Å². The van der Waals surface area contributed by atoms with Crippen LogP contribution in [0.5, 0.6) is 0 Å². The van der Waals surface area contributed by atoms with Crippen LogP contribution in [0.4, 0.5) is 13.2 Å². The summed E-state index contributed by atoms with van der Waals surface area (Å²) in [5.41, 5.74) is 4.98. The summed E-state index contributed by atoms with van der Waals surface area (Å²) in [5, 5.41) is 0. The summed E-state index contributed by atoms with van der Waals surface area (Å²) < 4.78 is 49.4. The van der Waals surface area contributed by atoms with E-state index in [1.807, 2.05) is 13.8 Å². The van der Waals surface area contributed by atoms with Gasteiger partial charge in [-0.2, -0.15) is 13.2 Å². The van der Waals surface area contributed by atoms with Gasteiger partial charge in [0.05, 0.1) is 16.4 Å². The molecule has 6 heteroatoms. The number of hydrogen-bond acceptors (Lipinski definition) is 2. The van der Waals surface area contributed by atoms with Gasteiger partial charge in [0, 0.05) is 16.7 Å². The Bertz CT molecular complexity index is 432. The standard InChI is InChI=1S/C12H16F3NOS/c1-8(2)11(16)7-18(17)10-5-3-4-9(6-10)12(13,14)15/h3-6,8,11H,7,16H2,1-2H3. The maximum absolute atomic E-state index is 12.5. The highest BCUT2D eigenvalue weighted by Gasteiger charge is 2.30. The molecule has 2 unspecified atom stereocenters. The lowest BCUT2D eigenvalue weighted by Gasteiger charge is -2.15. The van der Waals surface area contributed by atoms with Crippen molar-refractivity contribution >= 4 is 10.8 Å². The highest BCUT2D eigenvalue weighted by atomic mass is 32.2. The van der Waals surface area contributed by atoms with E-state index in [1.54, 1.807) is 0 Å². The average Bonchev–Trinajstić information content (AvgIpc) is 2.27. The maximum Gasteiger partial charge on any atom is 0.416 e. The van der Waals surface area contributed by atoms with E-state index >= 15 is 0 Å². The Labute approximate surface area is 107 Å². The topological polar surface area (TPSA) is 43.1 Å². The molecule has 2 atom stereocenters. The van der Waals surface area contributed by atoms with Crippen LogP contribution in [0.1, 0.15) is 19.4 Å². The lowest BCUT2D eigenvalue weighted by Crippen LogP contribution is -2.32. The van der Waals surface area contributed by atoms with Crippen LogP contribution in [-0.4, -0.2) is 16.0 Å². The molecule has 0 aliphatic carbocycles. The predicted molar refractivity (Wildman–Crippen MR) is 65.5 cm³/mol. The fourth-order valence-electron chi connectivity index (χ4n) is 1.28. The Morgan fingerprint density at radius 3 is 2.44 bits per heavy atom. The van der Waals surface area contributed by atoms with Gasteiger partial charge in [-0.1, -0.05) is 19.9 Å². The largest absolute Gasteiger partial charge is 0.416 e. The normalized spacial score (nSPS) is 15.7. The minimum Gasteiger partial charge on any atom is -0.327 e. The van der Waals surface area contributed by atoms with Crippen molar-refractivity contribution in [2.24, 2.45) is 11.7 Å². The van der Waals surface area contributed by atoms with Crippen LogP contribution in [0.15, 0.2) is 29.2 Å². The Morgan fingerprint density at radius 1 is 1.33 bits per heavy atom. The number of nitrogens with two attached hydrogens (primary N) is 1. The fraction of sp³-hybridized carbons (Fsp3) is 0.500. The van der Waals surface area contributed by atoms with Crippen molar-refractivity contribution in [3.05, 3.63) is 29.8 Å². The van der Waals surface area contributed by atoms with Crippen LogP contribution in [0, 0.1) is 5.92 Å². The molecule has 0 bridgehead atoms. The summed E-state index contributed by atoms with van der Waals surface area (Å²) in [6, 6.07) is 4.28. The third-order valence-electron chi connectivity index (χ3n) is 2.62. The molecule has 0 saturated heterocycles. The summed E-state index contributed by atoms with van der Waals surface area (Å²) >= 11 is 0. The highest BCUT2D eigenvalue weighted by molar-refractivity contribution is 7.85. The third kappa shape index (κ3) is 4.10. The van der Waals surface area contributed by atoms with Crippen LogP contribution >= 0.6 is 0 Å². The van der Waals surface area contributed by atoms with E-state index in [0.717, 1.165) is 12.1 Å². The van der Waals surface area contributed by atoms with Crippen LogP contribution < -0.4 is 5.73 Å². The van der Waals surface area contributed by atoms with Crippen molar-refractivity contribution in [1.82, 2.24) is 0 Å². The van der Waals surface area contributed by atoms with Gasteiger partial charge in [0.1, 0.15) is 0 Å². The van der Waals surface area contributed by atoms with Gasteiger partial charge in [0.25, 0.3) is 0 Å². The first kappa shape index (κ1) is 15.2. The lowest BCUT2D eigenvalue weighted by atomic mass is 10.1. The Hall–Kier alpha value is -0.880. The first-order valence-corrected chi connectivity index (χ1v) is 6.85. The van der Waals surface area contributed by atoms with Crippen LogP contribution in [0.25, 0.3) is 0 Å². The van der Waals surface area contributed by atoms with E-state index in [0.29, 0.717) is 0 Å². The minimum absolute atomic E-state index is 0.139.